The highest BCUT2D eigenvalue weighted by atomic mass is 35.5. The van der Waals surface area contributed by atoms with Crippen molar-refractivity contribution in [3.63, 3.8) is 0 Å². The molecule has 1 aliphatic carbocycles. The van der Waals surface area contributed by atoms with Gasteiger partial charge in [-0.05, 0) is 31.2 Å². The zero-order valence-corrected chi connectivity index (χ0v) is 11.1. The van der Waals surface area contributed by atoms with Crippen LogP contribution in [0.2, 0.25) is 0 Å². The van der Waals surface area contributed by atoms with E-state index in [0.29, 0.717) is 5.56 Å². The van der Waals surface area contributed by atoms with Gasteiger partial charge in [0.25, 0.3) is 0 Å². The summed E-state index contributed by atoms with van der Waals surface area (Å²) in [4.78, 5) is 11.7. The van der Waals surface area contributed by atoms with E-state index in [4.69, 9.17) is 4.74 Å². The first-order valence-electron chi connectivity index (χ1n) is 6.21. The Kier molecular flexibility index (Phi) is 6.16. The van der Waals surface area contributed by atoms with Crippen molar-refractivity contribution in [3.05, 3.63) is 35.9 Å². The number of hydrogen-bond donors (Lipinski definition) is 1. The summed E-state index contributed by atoms with van der Waals surface area (Å²) in [6, 6.07) is 8.90. The Balaban J connectivity index is 0.00000162. The predicted octanol–water partition coefficient (Wildman–Crippen LogP) is 3.02. The fourth-order valence-corrected chi connectivity index (χ4v) is 2.18. The second kappa shape index (κ2) is 7.39. The number of aliphatic hydroxyl groups excluding tert-OH is 1. The Labute approximate surface area is 114 Å². The maximum Gasteiger partial charge on any atom is 0.339 e. The van der Waals surface area contributed by atoms with Gasteiger partial charge in [-0.1, -0.05) is 36.8 Å². The van der Waals surface area contributed by atoms with Gasteiger partial charge in [-0.3, -0.25) is 0 Å². The minimum atomic E-state index is -1.15. The molecule has 1 unspecified atom stereocenters. The Morgan fingerprint density at radius 3 is 2.39 bits per heavy atom. The molecule has 1 aliphatic rings. The van der Waals surface area contributed by atoms with Crippen LogP contribution in [0.25, 0.3) is 0 Å². The minimum absolute atomic E-state index is 0. The van der Waals surface area contributed by atoms with Crippen LogP contribution in [-0.4, -0.2) is 17.2 Å². The lowest BCUT2D eigenvalue weighted by molar-refractivity contribution is -0.161. The van der Waals surface area contributed by atoms with Crippen LogP contribution < -0.4 is 0 Å². The molecular formula is C14H19ClO3. The number of hydrogen-bond acceptors (Lipinski definition) is 3. The standard InChI is InChI=1S/C14H18O3.ClH/c15-13(11-7-3-1-4-8-11)14(16)17-12-9-5-2-6-10-12;/h1,3-4,7-8,12-13,15H,2,5-6,9-10H2;1H. The smallest absolute Gasteiger partial charge is 0.339 e. The van der Waals surface area contributed by atoms with Crippen LogP contribution in [0.15, 0.2) is 30.3 Å². The third-order valence-corrected chi connectivity index (χ3v) is 3.17. The summed E-state index contributed by atoms with van der Waals surface area (Å²) in [6.07, 6.45) is 4.13. The molecule has 0 radical (unpaired) electrons. The molecule has 1 fully saturated rings. The first-order chi connectivity index (χ1) is 8.27. The lowest BCUT2D eigenvalue weighted by Crippen LogP contribution is -2.24. The molecule has 1 N–H and O–H groups in total. The molecule has 1 aromatic carbocycles. The number of carbonyl (C=O) groups excluding carboxylic acids is 1. The highest BCUT2D eigenvalue weighted by molar-refractivity contribution is 5.85. The van der Waals surface area contributed by atoms with Crippen LogP contribution in [0.5, 0.6) is 0 Å². The van der Waals surface area contributed by atoms with Crippen LogP contribution >= 0.6 is 12.4 Å². The van der Waals surface area contributed by atoms with Crippen molar-refractivity contribution < 1.29 is 14.6 Å². The van der Waals surface area contributed by atoms with Gasteiger partial charge in [-0.25, -0.2) is 4.79 Å². The Hall–Kier alpha value is -1.06. The second-order valence-corrected chi connectivity index (χ2v) is 4.51. The van der Waals surface area contributed by atoms with Gasteiger partial charge in [0, 0.05) is 0 Å². The number of halogens is 1. The van der Waals surface area contributed by atoms with Gasteiger partial charge in [0.2, 0.25) is 0 Å². The fourth-order valence-electron chi connectivity index (χ4n) is 2.18. The zero-order valence-electron chi connectivity index (χ0n) is 10.2. The zero-order chi connectivity index (χ0) is 12.1. The lowest BCUT2D eigenvalue weighted by atomic mass is 9.98. The molecule has 0 bridgehead atoms. The van der Waals surface area contributed by atoms with Crippen molar-refractivity contribution in [2.24, 2.45) is 0 Å². The molecule has 2 rings (SSSR count). The van der Waals surface area contributed by atoms with E-state index in [1.165, 1.54) is 6.42 Å². The van der Waals surface area contributed by atoms with Gasteiger partial charge in [0.15, 0.2) is 6.10 Å². The molecule has 1 saturated carbocycles. The molecule has 0 spiro atoms. The average molecular weight is 271 g/mol. The molecule has 0 saturated heterocycles. The quantitative estimate of drug-likeness (QED) is 0.859. The molecule has 1 atom stereocenters. The van der Waals surface area contributed by atoms with Gasteiger partial charge in [-0.15, -0.1) is 12.4 Å². The molecule has 100 valence electrons. The van der Waals surface area contributed by atoms with E-state index < -0.39 is 12.1 Å². The molecule has 4 heteroatoms. The van der Waals surface area contributed by atoms with E-state index in [1.807, 2.05) is 6.07 Å². The van der Waals surface area contributed by atoms with Crippen LogP contribution in [-0.2, 0) is 9.53 Å². The largest absolute Gasteiger partial charge is 0.460 e. The van der Waals surface area contributed by atoms with E-state index in [1.54, 1.807) is 24.3 Å². The Morgan fingerprint density at radius 2 is 1.78 bits per heavy atom. The first-order valence-corrected chi connectivity index (χ1v) is 6.21. The Morgan fingerprint density at radius 1 is 1.17 bits per heavy atom. The summed E-state index contributed by atoms with van der Waals surface area (Å²) in [6.45, 7) is 0. The molecule has 3 nitrogen and oxygen atoms in total. The average Bonchev–Trinajstić information content (AvgIpc) is 2.40. The number of aliphatic hydroxyl groups is 1. The summed E-state index contributed by atoms with van der Waals surface area (Å²) in [5.74, 6) is -0.525. The summed E-state index contributed by atoms with van der Waals surface area (Å²) < 4.78 is 5.32. The SMILES string of the molecule is Cl.O=C(OC1CCCCC1)C(O)c1ccccc1. The number of benzene rings is 1. The molecule has 18 heavy (non-hydrogen) atoms. The topological polar surface area (TPSA) is 46.5 Å². The predicted molar refractivity (Wildman–Crippen MR) is 71.6 cm³/mol. The van der Waals surface area contributed by atoms with E-state index in [9.17, 15) is 9.90 Å². The minimum Gasteiger partial charge on any atom is -0.460 e. The van der Waals surface area contributed by atoms with Crippen LogP contribution in [0, 0.1) is 0 Å². The number of rotatable bonds is 3. The monoisotopic (exact) mass is 270 g/mol. The van der Waals surface area contributed by atoms with Crippen LogP contribution in [0.1, 0.15) is 43.8 Å². The first kappa shape index (κ1) is 15.0. The summed E-state index contributed by atoms with van der Waals surface area (Å²) in [5, 5.41) is 9.85. The maximum atomic E-state index is 11.7. The van der Waals surface area contributed by atoms with Gasteiger partial charge in [0.1, 0.15) is 6.10 Å². The van der Waals surface area contributed by atoms with E-state index in [2.05, 4.69) is 0 Å². The summed E-state index contributed by atoms with van der Waals surface area (Å²) in [5.41, 5.74) is 0.591. The van der Waals surface area contributed by atoms with Crippen LogP contribution in [0.4, 0.5) is 0 Å². The molecular weight excluding hydrogens is 252 g/mol. The normalized spacial score (nSPS) is 17.6. The van der Waals surface area contributed by atoms with E-state index in [0.717, 1.165) is 25.7 Å². The summed E-state index contributed by atoms with van der Waals surface area (Å²) in [7, 11) is 0. The highest BCUT2D eigenvalue weighted by Crippen LogP contribution is 2.23. The van der Waals surface area contributed by atoms with Gasteiger partial charge >= 0.3 is 5.97 Å². The van der Waals surface area contributed by atoms with Crippen molar-refractivity contribution in [2.45, 2.75) is 44.3 Å². The number of carbonyl (C=O) groups is 1. The Bertz CT molecular complexity index is 361. The summed E-state index contributed by atoms with van der Waals surface area (Å²) >= 11 is 0. The van der Waals surface area contributed by atoms with Gasteiger partial charge in [0.05, 0.1) is 0 Å². The van der Waals surface area contributed by atoms with Gasteiger partial charge < -0.3 is 9.84 Å². The molecule has 0 aliphatic heterocycles. The molecule has 1 aromatic rings. The van der Waals surface area contributed by atoms with Crippen molar-refractivity contribution in [2.75, 3.05) is 0 Å². The lowest BCUT2D eigenvalue weighted by Gasteiger charge is -2.23. The van der Waals surface area contributed by atoms with Crippen molar-refractivity contribution in [3.8, 4) is 0 Å². The molecule has 0 aromatic heterocycles. The van der Waals surface area contributed by atoms with Gasteiger partial charge in [-0.2, -0.15) is 0 Å². The fraction of sp³-hybridized carbons (Fsp3) is 0.500. The highest BCUT2D eigenvalue weighted by Gasteiger charge is 2.23. The van der Waals surface area contributed by atoms with Crippen LogP contribution in [0.3, 0.4) is 0 Å². The number of ether oxygens (including phenoxy) is 1. The van der Waals surface area contributed by atoms with Crippen molar-refractivity contribution >= 4 is 18.4 Å². The van der Waals surface area contributed by atoms with Crippen molar-refractivity contribution in [1.29, 1.82) is 0 Å². The third-order valence-electron chi connectivity index (χ3n) is 3.17. The molecule has 0 heterocycles. The second-order valence-electron chi connectivity index (χ2n) is 4.51. The van der Waals surface area contributed by atoms with Crippen molar-refractivity contribution in [1.82, 2.24) is 0 Å². The van der Waals surface area contributed by atoms with E-state index >= 15 is 0 Å². The van der Waals surface area contributed by atoms with E-state index in [-0.39, 0.29) is 18.5 Å². The maximum absolute atomic E-state index is 11.7. The molecule has 0 amide bonds. The third kappa shape index (κ3) is 4.00. The number of esters is 1.